The molecule has 1 atom stereocenters. The van der Waals surface area contributed by atoms with Crippen LogP contribution >= 0.6 is 0 Å². The van der Waals surface area contributed by atoms with Crippen LogP contribution in [0.5, 0.6) is 0 Å². The van der Waals surface area contributed by atoms with Gasteiger partial charge < -0.3 is 9.80 Å². The monoisotopic (exact) mass is 454 g/mol. The number of sulfone groups is 1. The topological polar surface area (TPSA) is 83.5 Å². The summed E-state index contributed by atoms with van der Waals surface area (Å²) in [6.07, 6.45) is 2.56. The van der Waals surface area contributed by atoms with Gasteiger partial charge in [0.2, 0.25) is 11.9 Å². The second kappa shape index (κ2) is 8.45. The van der Waals surface area contributed by atoms with Gasteiger partial charge in [-0.05, 0) is 30.5 Å². The highest BCUT2D eigenvalue weighted by molar-refractivity contribution is 7.91. The van der Waals surface area contributed by atoms with Gasteiger partial charge in [0.25, 0.3) is 0 Å². The van der Waals surface area contributed by atoms with Crippen molar-refractivity contribution in [2.75, 3.05) is 36.0 Å². The number of amides is 1. The summed E-state index contributed by atoms with van der Waals surface area (Å²) < 4.78 is 64.1. The molecule has 166 valence electrons. The fourth-order valence-corrected chi connectivity index (χ4v) is 5.56. The first-order valence-electron chi connectivity index (χ1n) is 9.92. The number of rotatable bonds is 3. The Balaban J connectivity index is 1.61. The van der Waals surface area contributed by atoms with Crippen molar-refractivity contribution in [2.45, 2.75) is 18.9 Å². The first kappa shape index (κ1) is 21.5. The number of halogens is 3. The molecular formula is C20H21F3N4O3S. The molecule has 2 aromatic rings. The summed E-state index contributed by atoms with van der Waals surface area (Å²) in [5.41, 5.74) is 0.405. The predicted octanol–water partition coefficient (Wildman–Crippen LogP) is 2.11. The van der Waals surface area contributed by atoms with E-state index in [1.54, 1.807) is 9.80 Å². The molecule has 0 N–H and O–H groups in total. The van der Waals surface area contributed by atoms with Crippen LogP contribution < -0.4 is 4.90 Å². The van der Waals surface area contributed by atoms with Crippen molar-refractivity contribution in [2.24, 2.45) is 5.92 Å². The van der Waals surface area contributed by atoms with E-state index in [4.69, 9.17) is 0 Å². The highest BCUT2D eigenvalue weighted by atomic mass is 32.2. The molecule has 11 heteroatoms. The van der Waals surface area contributed by atoms with Gasteiger partial charge in [-0.2, -0.15) is 0 Å². The van der Waals surface area contributed by atoms with Crippen LogP contribution in [0, 0.1) is 23.4 Å². The van der Waals surface area contributed by atoms with Crippen LogP contribution in [0.25, 0.3) is 0 Å². The van der Waals surface area contributed by atoms with Gasteiger partial charge >= 0.3 is 0 Å². The normalized spacial score (nSPS) is 21.8. The summed E-state index contributed by atoms with van der Waals surface area (Å²) in [6, 6.07) is 2.86. The maximum absolute atomic E-state index is 13.9. The molecule has 2 aliphatic heterocycles. The molecule has 0 saturated carbocycles. The third kappa shape index (κ3) is 4.65. The Bertz CT molecular complexity index is 1070. The minimum atomic E-state index is -3.12. The molecule has 2 saturated heterocycles. The summed E-state index contributed by atoms with van der Waals surface area (Å²) in [5.74, 6) is -3.05. The Hall–Kier alpha value is -2.69. The van der Waals surface area contributed by atoms with Gasteiger partial charge in [0.05, 0.1) is 29.9 Å². The summed E-state index contributed by atoms with van der Waals surface area (Å²) in [4.78, 5) is 24.5. The van der Waals surface area contributed by atoms with Crippen LogP contribution in [0.15, 0.2) is 30.6 Å². The van der Waals surface area contributed by atoms with Crippen LogP contribution in [-0.4, -0.2) is 60.3 Å². The maximum Gasteiger partial charge on any atom is 0.226 e. The van der Waals surface area contributed by atoms with Crippen molar-refractivity contribution in [3.8, 4) is 0 Å². The molecule has 2 fully saturated rings. The van der Waals surface area contributed by atoms with E-state index in [0.29, 0.717) is 12.1 Å². The van der Waals surface area contributed by atoms with E-state index < -0.39 is 39.2 Å². The number of hydrogen-bond acceptors (Lipinski definition) is 6. The molecule has 2 aliphatic rings. The minimum absolute atomic E-state index is 0.0391. The molecule has 0 bridgehead atoms. The first-order chi connectivity index (χ1) is 14.7. The molecule has 3 heterocycles. The molecule has 1 amide bonds. The zero-order valence-corrected chi connectivity index (χ0v) is 17.4. The van der Waals surface area contributed by atoms with Gasteiger partial charge in [-0.25, -0.2) is 31.6 Å². The zero-order valence-electron chi connectivity index (χ0n) is 16.5. The molecule has 0 aliphatic carbocycles. The number of hydrogen-bond donors (Lipinski definition) is 0. The quantitative estimate of drug-likeness (QED) is 0.707. The van der Waals surface area contributed by atoms with Gasteiger partial charge in [-0.15, -0.1) is 0 Å². The van der Waals surface area contributed by atoms with E-state index in [0.717, 1.165) is 24.5 Å². The molecule has 1 aromatic heterocycles. The summed E-state index contributed by atoms with van der Waals surface area (Å²) in [5, 5.41) is 0. The fourth-order valence-electron chi connectivity index (χ4n) is 4.07. The van der Waals surface area contributed by atoms with Crippen molar-refractivity contribution < 1.29 is 26.4 Å². The number of benzene rings is 1. The molecule has 1 aromatic carbocycles. The standard InChI is InChI=1S/C20H21F3N4O3S/c21-15-10-24-20(25-11-15)26-5-6-27(19(28)13-3-7-31(29,30)8-4-13)18(12-26)14-1-2-16(22)17(23)9-14/h1-2,9-11,13,18H,3-8,12H2. The highest BCUT2D eigenvalue weighted by Crippen LogP contribution is 2.32. The Morgan fingerprint density at radius 1 is 1.00 bits per heavy atom. The molecule has 7 nitrogen and oxygen atoms in total. The second-order valence-corrected chi connectivity index (χ2v) is 10.1. The van der Waals surface area contributed by atoms with Crippen LogP contribution in [0.2, 0.25) is 0 Å². The third-order valence-corrected chi connectivity index (χ3v) is 7.50. The van der Waals surface area contributed by atoms with Crippen molar-refractivity contribution in [3.63, 3.8) is 0 Å². The fraction of sp³-hybridized carbons (Fsp3) is 0.450. The van der Waals surface area contributed by atoms with Crippen molar-refractivity contribution in [1.82, 2.24) is 14.9 Å². The SMILES string of the molecule is O=C(C1CCS(=O)(=O)CC1)N1CCN(c2ncc(F)cn2)CC1c1ccc(F)c(F)c1. The van der Waals surface area contributed by atoms with E-state index in [9.17, 15) is 26.4 Å². The zero-order chi connectivity index (χ0) is 22.2. The molecule has 1 unspecified atom stereocenters. The predicted molar refractivity (Wildman–Crippen MR) is 106 cm³/mol. The largest absolute Gasteiger partial charge is 0.337 e. The van der Waals surface area contributed by atoms with E-state index in [1.807, 2.05) is 0 Å². The van der Waals surface area contributed by atoms with E-state index in [1.165, 1.54) is 6.07 Å². The molecule has 0 radical (unpaired) electrons. The van der Waals surface area contributed by atoms with Gasteiger partial charge in [0.1, 0.15) is 9.84 Å². The van der Waals surface area contributed by atoms with Crippen LogP contribution in [-0.2, 0) is 14.6 Å². The number of piperazine rings is 1. The van der Waals surface area contributed by atoms with Crippen molar-refractivity contribution >= 4 is 21.7 Å². The lowest BCUT2D eigenvalue weighted by Gasteiger charge is -2.43. The summed E-state index contributed by atoms with van der Waals surface area (Å²) >= 11 is 0. The Labute approximate surface area is 177 Å². The lowest BCUT2D eigenvalue weighted by molar-refractivity contribution is -0.138. The lowest BCUT2D eigenvalue weighted by atomic mass is 9.96. The van der Waals surface area contributed by atoms with Gasteiger partial charge in [-0.3, -0.25) is 4.79 Å². The average Bonchev–Trinajstić information content (AvgIpc) is 2.75. The average molecular weight is 454 g/mol. The van der Waals surface area contributed by atoms with Crippen LogP contribution in [0.1, 0.15) is 24.4 Å². The minimum Gasteiger partial charge on any atom is -0.337 e. The van der Waals surface area contributed by atoms with E-state index in [2.05, 4.69) is 9.97 Å². The Morgan fingerprint density at radius 2 is 1.68 bits per heavy atom. The lowest BCUT2D eigenvalue weighted by Crippen LogP contribution is -2.53. The number of anilines is 1. The highest BCUT2D eigenvalue weighted by Gasteiger charge is 2.38. The van der Waals surface area contributed by atoms with Gasteiger partial charge in [-0.1, -0.05) is 6.07 Å². The second-order valence-electron chi connectivity index (χ2n) is 7.79. The van der Waals surface area contributed by atoms with Gasteiger partial charge in [0.15, 0.2) is 17.5 Å². The number of aromatic nitrogens is 2. The molecule has 0 spiro atoms. The maximum atomic E-state index is 13.9. The summed E-state index contributed by atoms with van der Waals surface area (Å²) in [7, 11) is -3.12. The first-order valence-corrected chi connectivity index (χ1v) is 11.7. The molecular weight excluding hydrogens is 433 g/mol. The smallest absolute Gasteiger partial charge is 0.226 e. The molecule has 31 heavy (non-hydrogen) atoms. The van der Waals surface area contributed by atoms with Gasteiger partial charge in [0, 0.05) is 25.6 Å². The summed E-state index contributed by atoms with van der Waals surface area (Å²) in [6.45, 7) is 0.822. The van der Waals surface area contributed by atoms with Crippen molar-refractivity contribution in [3.05, 3.63) is 53.6 Å². The number of nitrogens with zero attached hydrogens (tertiary/aromatic N) is 4. The number of carbonyl (C=O) groups excluding carboxylic acids is 1. The van der Waals surface area contributed by atoms with E-state index in [-0.39, 0.29) is 49.3 Å². The Morgan fingerprint density at radius 3 is 2.32 bits per heavy atom. The van der Waals surface area contributed by atoms with E-state index >= 15 is 0 Å². The molecule has 4 rings (SSSR count). The Kier molecular flexibility index (Phi) is 5.87. The third-order valence-electron chi connectivity index (χ3n) is 5.79. The number of carbonyl (C=O) groups is 1. The van der Waals surface area contributed by atoms with Crippen LogP contribution in [0.3, 0.4) is 0 Å². The van der Waals surface area contributed by atoms with Crippen molar-refractivity contribution in [1.29, 1.82) is 0 Å². The van der Waals surface area contributed by atoms with Crippen LogP contribution in [0.4, 0.5) is 19.1 Å².